The molecule has 0 aliphatic heterocycles. The van der Waals surface area contributed by atoms with Gasteiger partial charge in [0.1, 0.15) is 5.82 Å². The second-order valence-corrected chi connectivity index (χ2v) is 3.81. The molecule has 0 bridgehead atoms. The van der Waals surface area contributed by atoms with Gasteiger partial charge in [-0.05, 0) is 28.5 Å². The lowest BCUT2D eigenvalue weighted by atomic mass is 10.0. The number of benzene rings is 1. The quantitative estimate of drug-likeness (QED) is 0.772. The van der Waals surface area contributed by atoms with Crippen LogP contribution >= 0.6 is 11.3 Å². The highest BCUT2D eigenvalue weighted by molar-refractivity contribution is 7.17. The molecule has 1 aromatic carbocycles. The smallest absolute Gasteiger partial charge is 0.153 e. The zero-order valence-corrected chi connectivity index (χ0v) is 7.97. The molecule has 0 unspecified atom stereocenters. The Morgan fingerprint density at radius 3 is 3.00 bits per heavy atom. The summed E-state index contributed by atoms with van der Waals surface area (Å²) >= 11 is 1.38. The number of aliphatic hydroxyl groups is 1. The third-order valence-electron chi connectivity index (χ3n) is 2.14. The highest BCUT2D eigenvalue weighted by Crippen LogP contribution is 2.28. The zero-order valence-electron chi connectivity index (χ0n) is 7.16. The molecule has 72 valence electrons. The number of rotatable bonds is 2. The van der Waals surface area contributed by atoms with E-state index in [1.54, 1.807) is 11.4 Å². The molecule has 2 aromatic rings. The van der Waals surface area contributed by atoms with Crippen LogP contribution in [-0.4, -0.2) is 11.4 Å². The van der Waals surface area contributed by atoms with Gasteiger partial charge in [0, 0.05) is 4.70 Å². The topological polar surface area (TPSA) is 37.3 Å². The number of fused-ring (bicyclic) bond motifs is 1. The van der Waals surface area contributed by atoms with Crippen LogP contribution in [0.1, 0.15) is 15.9 Å². The number of carbonyl (C=O) groups is 1. The Morgan fingerprint density at radius 2 is 2.36 bits per heavy atom. The summed E-state index contributed by atoms with van der Waals surface area (Å²) in [6, 6.07) is 3.10. The van der Waals surface area contributed by atoms with Crippen LogP contribution in [0.2, 0.25) is 0 Å². The number of halogens is 1. The van der Waals surface area contributed by atoms with E-state index in [2.05, 4.69) is 0 Å². The van der Waals surface area contributed by atoms with Gasteiger partial charge in [0.05, 0.1) is 12.2 Å². The van der Waals surface area contributed by atoms with Crippen LogP contribution in [0.15, 0.2) is 17.5 Å². The maximum atomic E-state index is 13.3. The van der Waals surface area contributed by atoms with Crippen molar-refractivity contribution >= 4 is 27.7 Å². The molecule has 0 saturated carbocycles. The number of aldehydes is 1. The van der Waals surface area contributed by atoms with Gasteiger partial charge in [-0.25, -0.2) is 4.39 Å². The predicted molar refractivity (Wildman–Crippen MR) is 53.1 cm³/mol. The molecule has 1 heterocycles. The highest BCUT2D eigenvalue weighted by atomic mass is 32.1. The number of hydrogen-bond acceptors (Lipinski definition) is 3. The van der Waals surface area contributed by atoms with Crippen LogP contribution in [0.4, 0.5) is 4.39 Å². The second-order valence-electron chi connectivity index (χ2n) is 2.86. The molecule has 1 N–H and O–H groups in total. The van der Waals surface area contributed by atoms with Crippen LogP contribution in [0, 0.1) is 5.82 Å². The van der Waals surface area contributed by atoms with Crippen molar-refractivity contribution in [1.29, 1.82) is 0 Å². The molecule has 0 radical (unpaired) electrons. The summed E-state index contributed by atoms with van der Waals surface area (Å²) in [5.41, 5.74) is 0.328. The minimum Gasteiger partial charge on any atom is -0.392 e. The van der Waals surface area contributed by atoms with E-state index in [0.717, 1.165) is 10.1 Å². The summed E-state index contributed by atoms with van der Waals surface area (Å²) in [6.07, 6.45) is 0.442. The molecule has 2 rings (SSSR count). The van der Waals surface area contributed by atoms with Crippen LogP contribution in [0.3, 0.4) is 0 Å². The maximum absolute atomic E-state index is 13.3. The first-order valence-corrected chi connectivity index (χ1v) is 4.90. The molecule has 0 fully saturated rings. The Morgan fingerprint density at radius 1 is 1.57 bits per heavy atom. The summed E-state index contributed by atoms with van der Waals surface area (Å²) in [7, 11) is 0. The largest absolute Gasteiger partial charge is 0.392 e. The number of carbonyl (C=O) groups excluding carboxylic acids is 1. The van der Waals surface area contributed by atoms with Crippen molar-refractivity contribution in [3.05, 3.63) is 34.5 Å². The van der Waals surface area contributed by atoms with Gasteiger partial charge in [0.25, 0.3) is 0 Å². The van der Waals surface area contributed by atoms with Crippen molar-refractivity contribution in [2.75, 3.05) is 0 Å². The Balaban J connectivity index is 2.88. The minimum absolute atomic E-state index is 0.0431. The Labute approximate surface area is 83.6 Å². The Bertz CT molecular complexity index is 490. The molecule has 14 heavy (non-hydrogen) atoms. The van der Waals surface area contributed by atoms with Crippen molar-refractivity contribution in [3.8, 4) is 0 Å². The molecule has 0 atom stereocenters. The second kappa shape index (κ2) is 3.48. The van der Waals surface area contributed by atoms with E-state index in [-0.39, 0.29) is 12.2 Å². The van der Waals surface area contributed by atoms with Crippen LogP contribution in [0.5, 0.6) is 0 Å². The first kappa shape index (κ1) is 9.30. The molecule has 0 amide bonds. The van der Waals surface area contributed by atoms with Gasteiger partial charge in [-0.1, -0.05) is 0 Å². The highest BCUT2D eigenvalue weighted by Gasteiger charge is 2.12. The van der Waals surface area contributed by atoms with Crippen molar-refractivity contribution in [2.45, 2.75) is 6.61 Å². The third-order valence-corrected chi connectivity index (χ3v) is 3.00. The maximum Gasteiger partial charge on any atom is 0.153 e. The van der Waals surface area contributed by atoms with E-state index in [9.17, 15) is 9.18 Å². The van der Waals surface area contributed by atoms with E-state index in [0.29, 0.717) is 11.8 Å². The Kier molecular flexibility index (Phi) is 2.31. The van der Waals surface area contributed by atoms with Gasteiger partial charge in [-0.3, -0.25) is 4.79 Å². The fraction of sp³-hybridized carbons (Fsp3) is 0.100. The molecular formula is C10H7FO2S. The van der Waals surface area contributed by atoms with Gasteiger partial charge in [-0.2, -0.15) is 0 Å². The van der Waals surface area contributed by atoms with Crippen LogP contribution in [0.25, 0.3) is 10.1 Å². The minimum atomic E-state index is -0.570. The molecule has 0 aliphatic rings. The molecule has 2 nitrogen and oxygen atoms in total. The van der Waals surface area contributed by atoms with E-state index >= 15 is 0 Å². The van der Waals surface area contributed by atoms with Gasteiger partial charge < -0.3 is 5.11 Å². The number of aliphatic hydroxyl groups excluding tert-OH is 1. The van der Waals surface area contributed by atoms with E-state index in [4.69, 9.17) is 5.11 Å². The fourth-order valence-electron chi connectivity index (χ4n) is 1.46. The average Bonchev–Trinajstić information content (AvgIpc) is 2.62. The molecule has 0 aliphatic carbocycles. The SMILES string of the molecule is O=Cc1c(F)cc2sccc2c1CO. The van der Waals surface area contributed by atoms with Crippen LogP contribution < -0.4 is 0 Å². The summed E-state index contributed by atoms with van der Waals surface area (Å²) in [5.74, 6) is -0.570. The molecule has 0 spiro atoms. The first-order valence-electron chi connectivity index (χ1n) is 4.02. The van der Waals surface area contributed by atoms with Crippen molar-refractivity contribution < 1.29 is 14.3 Å². The molecule has 1 aromatic heterocycles. The van der Waals surface area contributed by atoms with Crippen molar-refractivity contribution in [1.82, 2.24) is 0 Å². The van der Waals surface area contributed by atoms with Gasteiger partial charge >= 0.3 is 0 Å². The van der Waals surface area contributed by atoms with Gasteiger partial charge in [-0.15, -0.1) is 11.3 Å². The van der Waals surface area contributed by atoms with E-state index in [1.165, 1.54) is 17.4 Å². The zero-order chi connectivity index (χ0) is 10.1. The summed E-state index contributed by atoms with van der Waals surface area (Å²) in [6.45, 7) is -0.320. The van der Waals surface area contributed by atoms with E-state index < -0.39 is 5.82 Å². The van der Waals surface area contributed by atoms with Gasteiger partial charge in [0.15, 0.2) is 6.29 Å². The lowest BCUT2D eigenvalue weighted by Crippen LogP contribution is -1.97. The Hall–Kier alpha value is -1.26. The van der Waals surface area contributed by atoms with Crippen molar-refractivity contribution in [2.24, 2.45) is 0 Å². The van der Waals surface area contributed by atoms with Crippen LogP contribution in [-0.2, 0) is 6.61 Å². The lowest BCUT2D eigenvalue weighted by molar-refractivity contribution is 0.111. The van der Waals surface area contributed by atoms with Gasteiger partial charge in [0.2, 0.25) is 0 Å². The molecule has 4 heteroatoms. The van der Waals surface area contributed by atoms with Crippen molar-refractivity contribution in [3.63, 3.8) is 0 Å². The molecular weight excluding hydrogens is 203 g/mol. The fourth-order valence-corrected chi connectivity index (χ4v) is 2.30. The normalized spacial score (nSPS) is 10.7. The summed E-state index contributed by atoms with van der Waals surface area (Å²) in [5, 5.41) is 11.6. The molecule has 0 saturated heterocycles. The monoisotopic (exact) mass is 210 g/mol. The third kappa shape index (κ3) is 1.23. The lowest BCUT2D eigenvalue weighted by Gasteiger charge is -2.04. The van der Waals surface area contributed by atoms with E-state index in [1.807, 2.05) is 0 Å². The summed E-state index contributed by atoms with van der Waals surface area (Å²) < 4.78 is 14.1. The summed E-state index contributed by atoms with van der Waals surface area (Å²) in [4.78, 5) is 10.6. The standard InChI is InChI=1S/C10H7FO2S/c11-9-3-10-6(1-2-14-10)7(4-12)8(9)5-13/h1-3,5,12H,4H2. The number of hydrogen-bond donors (Lipinski definition) is 1. The number of thiophene rings is 1. The average molecular weight is 210 g/mol. The first-order chi connectivity index (χ1) is 6.77. The predicted octanol–water partition coefficient (Wildman–Crippen LogP) is 2.35.